The fourth-order valence-corrected chi connectivity index (χ4v) is 1.32. The van der Waals surface area contributed by atoms with Crippen LogP contribution in [0.1, 0.15) is 65.2 Å². The van der Waals surface area contributed by atoms with E-state index >= 15 is 0 Å². The predicted octanol–water partition coefficient (Wildman–Crippen LogP) is 4.29. The van der Waals surface area contributed by atoms with Gasteiger partial charge in [0.25, 0.3) is 0 Å². The van der Waals surface area contributed by atoms with E-state index in [0.717, 1.165) is 6.42 Å². The molecule has 0 aliphatic rings. The number of ether oxygens (including phenoxy) is 1. The zero-order valence-electron chi connectivity index (χ0n) is 9.64. The monoisotopic (exact) mass is 195 g/mol. The number of rotatable bonds is 8. The first-order chi connectivity index (χ1) is 6.91. The zero-order chi connectivity index (χ0) is 10.5. The topological polar surface area (TPSA) is 9.23 Å². The molecule has 0 atom stereocenters. The third-order valence-electron chi connectivity index (χ3n) is 2.15. The van der Waals surface area contributed by atoms with Crippen molar-refractivity contribution in [3.63, 3.8) is 0 Å². The molecule has 1 nitrogen and oxygen atoms in total. The van der Waals surface area contributed by atoms with Crippen molar-refractivity contribution in [1.82, 2.24) is 0 Å². The SMILES string of the molecule is C[CH]OC#CCCCCCCCCC. The van der Waals surface area contributed by atoms with Crippen LogP contribution in [0.2, 0.25) is 0 Å². The zero-order valence-corrected chi connectivity index (χ0v) is 9.64. The summed E-state index contributed by atoms with van der Waals surface area (Å²) in [7, 11) is 0. The first kappa shape index (κ1) is 13.4. The Kier molecular flexibility index (Phi) is 11.8. The summed E-state index contributed by atoms with van der Waals surface area (Å²) in [6.07, 6.45) is 13.0. The van der Waals surface area contributed by atoms with Gasteiger partial charge in [-0.05, 0) is 13.3 Å². The maximum atomic E-state index is 4.81. The molecule has 81 valence electrons. The molecule has 1 radical (unpaired) electrons. The average molecular weight is 195 g/mol. The summed E-state index contributed by atoms with van der Waals surface area (Å²) in [5.74, 6) is 2.98. The Bertz CT molecular complexity index is 152. The maximum absolute atomic E-state index is 4.81. The summed E-state index contributed by atoms with van der Waals surface area (Å²) >= 11 is 0. The fourth-order valence-electron chi connectivity index (χ4n) is 1.32. The molecule has 0 aromatic rings. The van der Waals surface area contributed by atoms with E-state index in [-0.39, 0.29) is 0 Å². The molecule has 0 heterocycles. The van der Waals surface area contributed by atoms with Crippen molar-refractivity contribution < 1.29 is 4.74 Å². The van der Waals surface area contributed by atoms with Crippen molar-refractivity contribution in [2.75, 3.05) is 0 Å². The number of hydrogen-bond acceptors (Lipinski definition) is 1. The molecule has 0 unspecified atom stereocenters. The van der Waals surface area contributed by atoms with Crippen molar-refractivity contribution in [2.45, 2.75) is 65.2 Å². The van der Waals surface area contributed by atoms with Crippen LogP contribution >= 0.6 is 0 Å². The minimum atomic E-state index is 0.974. The van der Waals surface area contributed by atoms with E-state index in [1.165, 1.54) is 44.9 Å². The van der Waals surface area contributed by atoms with Gasteiger partial charge in [-0.15, -0.1) is 0 Å². The molecule has 0 aliphatic carbocycles. The summed E-state index contributed by atoms with van der Waals surface area (Å²) in [5.41, 5.74) is 0. The second kappa shape index (κ2) is 12.4. The first-order valence-corrected chi connectivity index (χ1v) is 5.83. The van der Waals surface area contributed by atoms with Crippen LogP contribution in [0.15, 0.2) is 0 Å². The lowest BCUT2D eigenvalue weighted by atomic mass is 10.1. The molecule has 0 saturated heterocycles. The third kappa shape index (κ3) is 11.4. The van der Waals surface area contributed by atoms with E-state index in [9.17, 15) is 0 Å². The molecule has 0 aromatic carbocycles. The Labute approximate surface area is 89.2 Å². The normalized spacial score (nSPS) is 9.29. The maximum Gasteiger partial charge on any atom is 0.145 e. The van der Waals surface area contributed by atoms with Crippen LogP contribution in [0.3, 0.4) is 0 Å². The summed E-state index contributed by atoms with van der Waals surface area (Å²) in [4.78, 5) is 0. The van der Waals surface area contributed by atoms with Crippen LogP contribution < -0.4 is 0 Å². The van der Waals surface area contributed by atoms with Crippen LogP contribution in [-0.4, -0.2) is 0 Å². The lowest BCUT2D eigenvalue weighted by Crippen LogP contribution is -1.79. The highest BCUT2D eigenvalue weighted by Crippen LogP contribution is 2.07. The second-order valence-corrected chi connectivity index (χ2v) is 3.50. The Morgan fingerprint density at radius 3 is 2.29 bits per heavy atom. The summed E-state index contributed by atoms with van der Waals surface area (Å²) in [6, 6.07) is 0. The van der Waals surface area contributed by atoms with Crippen LogP contribution in [0.25, 0.3) is 0 Å². The minimum absolute atomic E-state index is 0.974. The smallest absolute Gasteiger partial charge is 0.145 e. The average Bonchev–Trinajstić information content (AvgIpc) is 2.21. The van der Waals surface area contributed by atoms with Crippen molar-refractivity contribution in [1.29, 1.82) is 0 Å². The van der Waals surface area contributed by atoms with Crippen LogP contribution in [0, 0.1) is 18.6 Å². The van der Waals surface area contributed by atoms with Crippen molar-refractivity contribution >= 4 is 0 Å². The molecule has 0 aliphatic heterocycles. The molecule has 0 bridgehead atoms. The quantitative estimate of drug-likeness (QED) is 0.415. The molecular weight excluding hydrogens is 172 g/mol. The molecule has 0 saturated carbocycles. The summed E-state index contributed by atoms with van der Waals surface area (Å²) in [6.45, 7) is 5.69. The third-order valence-corrected chi connectivity index (χ3v) is 2.15. The van der Waals surface area contributed by atoms with Gasteiger partial charge < -0.3 is 4.74 Å². The molecule has 0 spiro atoms. The van der Waals surface area contributed by atoms with Gasteiger partial charge in [-0.3, -0.25) is 0 Å². The van der Waals surface area contributed by atoms with E-state index in [1.54, 1.807) is 6.61 Å². The Morgan fingerprint density at radius 1 is 1.00 bits per heavy atom. The van der Waals surface area contributed by atoms with Crippen molar-refractivity contribution in [3.05, 3.63) is 6.61 Å². The summed E-state index contributed by atoms with van der Waals surface area (Å²) in [5, 5.41) is 0. The lowest BCUT2D eigenvalue weighted by molar-refractivity contribution is 0.374. The van der Waals surface area contributed by atoms with Crippen molar-refractivity contribution in [2.24, 2.45) is 0 Å². The molecule has 0 fully saturated rings. The van der Waals surface area contributed by atoms with Gasteiger partial charge in [0.1, 0.15) is 12.7 Å². The Balaban J connectivity index is 2.96. The van der Waals surface area contributed by atoms with Gasteiger partial charge in [-0.25, -0.2) is 0 Å². The number of unbranched alkanes of at least 4 members (excludes halogenated alkanes) is 7. The highest BCUT2D eigenvalue weighted by molar-refractivity contribution is 4.91. The predicted molar refractivity (Wildman–Crippen MR) is 61.4 cm³/mol. The lowest BCUT2D eigenvalue weighted by Gasteiger charge is -1.97. The first-order valence-electron chi connectivity index (χ1n) is 5.83. The van der Waals surface area contributed by atoms with Crippen molar-refractivity contribution in [3.8, 4) is 12.0 Å². The van der Waals surface area contributed by atoms with E-state index < -0.39 is 0 Å². The van der Waals surface area contributed by atoms with Crippen LogP contribution in [0.4, 0.5) is 0 Å². The van der Waals surface area contributed by atoms with E-state index in [0.29, 0.717) is 0 Å². The minimum Gasteiger partial charge on any atom is -0.440 e. The van der Waals surface area contributed by atoms with Gasteiger partial charge in [-0.2, -0.15) is 0 Å². The highest BCUT2D eigenvalue weighted by atomic mass is 16.5. The molecule has 14 heavy (non-hydrogen) atoms. The van der Waals surface area contributed by atoms with E-state index in [4.69, 9.17) is 4.74 Å². The summed E-state index contributed by atoms with van der Waals surface area (Å²) < 4.78 is 4.81. The van der Waals surface area contributed by atoms with Gasteiger partial charge in [0.05, 0.1) is 0 Å². The molecular formula is C13H23O. The molecule has 0 aromatic heterocycles. The molecule has 0 N–H and O–H groups in total. The Hall–Kier alpha value is -0.640. The second-order valence-electron chi connectivity index (χ2n) is 3.50. The molecule has 0 rings (SSSR count). The number of hydrogen-bond donors (Lipinski definition) is 0. The molecule has 0 amide bonds. The van der Waals surface area contributed by atoms with E-state index in [2.05, 4.69) is 19.0 Å². The van der Waals surface area contributed by atoms with Gasteiger partial charge >= 0.3 is 0 Å². The van der Waals surface area contributed by atoms with Gasteiger partial charge in [0.2, 0.25) is 0 Å². The largest absolute Gasteiger partial charge is 0.440 e. The van der Waals surface area contributed by atoms with Crippen LogP contribution in [-0.2, 0) is 4.74 Å². The fraction of sp³-hybridized carbons (Fsp3) is 0.769. The highest BCUT2D eigenvalue weighted by Gasteiger charge is 1.88. The van der Waals surface area contributed by atoms with Gasteiger partial charge in [0, 0.05) is 6.42 Å². The van der Waals surface area contributed by atoms with E-state index in [1.807, 2.05) is 6.92 Å². The van der Waals surface area contributed by atoms with Gasteiger partial charge in [0.15, 0.2) is 0 Å². The van der Waals surface area contributed by atoms with Gasteiger partial charge in [-0.1, -0.05) is 51.4 Å². The van der Waals surface area contributed by atoms with Crippen LogP contribution in [0.5, 0.6) is 0 Å². The molecule has 1 heteroatoms. The Morgan fingerprint density at radius 2 is 1.64 bits per heavy atom. The standard InChI is InChI=1S/C13H23O/c1-3-5-6-7-8-9-10-11-12-13-14-4-2/h4H,3,5-11H2,1-2H3.